The first-order valence-electron chi connectivity index (χ1n) is 4.79. The lowest BCUT2D eigenvalue weighted by Gasteiger charge is -2.20. The summed E-state index contributed by atoms with van der Waals surface area (Å²) in [6, 6.07) is 0. The number of carbonyl (C=O) groups is 1. The second kappa shape index (κ2) is 5.65. The van der Waals surface area contributed by atoms with E-state index in [1.54, 1.807) is 0 Å². The summed E-state index contributed by atoms with van der Waals surface area (Å²) in [7, 11) is 0. The van der Waals surface area contributed by atoms with Crippen molar-refractivity contribution in [2.24, 2.45) is 5.92 Å². The lowest BCUT2D eigenvalue weighted by atomic mass is 9.88. The largest absolute Gasteiger partial charge is 0.481 e. The van der Waals surface area contributed by atoms with Crippen LogP contribution in [0.25, 0.3) is 0 Å². The van der Waals surface area contributed by atoms with Crippen molar-refractivity contribution in [3.8, 4) is 0 Å². The molecule has 2 N–H and O–H groups in total. The number of carboxylic acids is 1. The van der Waals surface area contributed by atoms with Crippen molar-refractivity contribution in [2.45, 2.75) is 38.6 Å². The van der Waals surface area contributed by atoms with E-state index < -0.39 is 22.3 Å². The first-order chi connectivity index (χ1) is 6.81. The predicted molar refractivity (Wildman–Crippen MR) is 53.1 cm³/mol. The molecule has 0 bridgehead atoms. The van der Waals surface area contributed by atoms with E-state index in [1.165, 1.54) is 13.8 Å². The van der Waals surface area contributed by atoms with E-state index in [-0.39, 0.29) is 19.4 Å². The maximum atomic E-state index is 10.8. The van der Waals surface area contributed by atoms with Crippen LogP contribution in [0.15, 0.2) is 0 Å². The minimum Gasteiger partial charge on any atom is -0.481 e. The number of nitro groups is 1. The Morgan fingerprint density at radius 3 is 2.40 bits per heavy atom. The normalized spacial score (nSPS) is 13.5. The zero-order chi connectivity index (χ0) is 12.1. The number of carboxylic acid groups (broad SMARTS) is 1. The Morgan fingerprint density at radius 1 is 1.53 bits per heavy atom. The van der Waals surface area contributed by atoms with Gasteiger partial charge in [-0.15, -0.1) is 0 Å². The van der Waals surface area contributed by atoms with Gasteiger partial charge in [-0.05, 0) is 12.8 Å². The first kappa shape index (κ1) is 13.8. The standard InChI is InChI=1S/C9H17NO5/c1-9(2,10(14)15)6-7(8(12)13)4-3-5-11/h7,11H,3-6H2,1-2H3,(H,12,13)/t7-/m0/s1. The Hall–Kier alpha value is -1.17. The molecule has 0 aromatic carbocycles. The molecule has 0 aliphatic rings. The number of aliphatic hydroxyl groups excluding tert-OH is 1. The van der Waals surface area contributed by atoms with Gasteiger partial charge in [-0.25, -0.2) is 0 Å². The molecule has 6 heteroatoms. The molecule has 1 atom stereocenters. The third-order valence-corrected chi connectivity index (χ3v) is 2.30. The van der Waals surface area contributed by atoms with Crippen LogP contribution in [0.1, 0.15) is 33.1 Å². The van der Waals surface area contributed by atoms with Gasteiger partial charge in [0.2, 0.25) is 5.54 Å². The quantitative estimate of drug-likeness (QED) is 0.489. The molecule has 0 amide bonds. The molecule has 0 aliphatic carbocycles. The van der Waals surface area contributed by atoms with Gasteiger partial charge >= 0.3 is 5.97 Å². The highest BCUT2D eigenvalue weighted by Gasteiger charge is 2.36. The van der Waals surface area contributed by atoms with E-state index in [0.29, 0.717) is 6.42 Å². The van der Waals surface area contributed by atoms with E-state index in [1.807, 2.05) is 0 Å². The number of aliphatic carboxylic acids is 1. The van der Waals surface area contributed by atoms with Crippen LogP contribution < -0.4 is 0 Å². The SMILES string of the molecule is CC(C)(C[C@H](CCCO)C(=O)O)[N+](=O)[O-]. The monoisotopic (exact) mass is 219 g/mol. The lowest BCUT2D eigenvalue weighted by Crippen LogP contribution is -2.35. The van der Waals surface area contributed by atoms with Gasteiger partial charge in [0.15, 0.2) is 0 Å². The van der Waals surface area contributed by atoms with Gasteiger partial charge in [-0.2, -0.15) is 0 Å². The van der Waals surface area contributed by atoms with Crippen LogP contribution in [0.4, 0.5) is 0 Å². The van der Waals surface area contributed by atoms with Gasteiger partial charge in [0, 0.05) is 31.8 Å². The molecule has 88 valence electrons. The molecule has 0 aliphatic heterocycles. The van der Waals surface area contributed by atoms with Crippen molar-refractivity contribution in [3.05, 3.63) is 10.1 Å². The summed E-state index contributed by atoms with van der Waals surface area (Å²) in [5.74, 6) is -1.81. The molecule has 0 saturated heterocycles. The van der Waals surface area contributed by atoms with Crippen LogP contribution >= 0.6 is 0 Å². The number of nitrogens with zero attached hydrogens (tertiary/aromatic N) is 1. The van der Waals surface area contributed by atoms with Gasteiger partial charge in [0.25, 0.3) is 0 Å². The zero-order valence-electron chi connectivity index (χ0n) is 8.97. The van der Waals surface area contributed by atoms with Crippen LogP contribution in [0.2, 0.25) is 0 Å². The molecule has 0 aromatic heterocycles. The molecular formula is C9H17NO5. The highest BCUT2D eigenvalue weighted by Crippen LogP contribution is 2.23. The van der Waals surface area contributed by atoms with E-state index in [2.05, 4.69) is 0 Å². The molecule has 0 saturated carbocycles. The Balaban J connectivity index is 4.40. The summed E-state index contributed by atoms with van der Waals surface area (Å²) >= 11 is 0. The second-order valence-electron chi connectivity index (χ2n) is 4.17. The molecule has 0 unspecified atom stereocenters. The zero-order valence-corrected chi connectivity index (χ0v) is 8.97. The number of rotatable bonds is 7. The minimum absolute atomic E-state index is 0.0185. The fourth-order valence-electron chi connectivity index (χ4n) is 1.33. The Labute approximate surface area is 88.1 Å². The van der Waals surface area contributed by atoms with E-state index in [4.69, 9.17) is 10.2 Å². The highest BCUT2D eigenvalue weighted by atomic mass is 16.6. The average molecular weight is 219 g/mol. The molecule has 0 aromatic rings. The summed E-state index contributed by atoms with van der Waals surface area (Å²) in [6.45, 7) is 2.71. The Morgan fingerprint density at radius 2 is 2.07 bits per heavy atom. The summed E-state index contributed by atoms with van der Waals surface area (Å²) < 4.78 is 0. The number of aliphatic hydroxyl groups is 1. The van der Waals surface area contributed by atoms with Crippen LogP contribution in [0, 0.1) is 16.0 Å². The summed E-state index contributed by atoms with van der Waals surface area (Å²) in [5, 5.41) is 28.0. The molecule has 0 rings (SSSR count). The maximum Gasteiger partial charge on any atom is 0.306 e. The summed E-state index contributed by atoms with van der Waals surface area (Å²) in [4.78, 5) is 20.9. The molecule has 0 heterocycles. The second-order valence-corrected chi connectivity index (χ2v) is 4.17. The van der Waals surface area contributed by atoms with Gasteiger partial charge < -0.3 is 10.2 Å². The molecule has 6 nitrogen and oxygen atoms in total. The van der Waals surface area contributed by atoms with Crippen LogP contribution in [-0.4, -0.2) is 33.3 Å². The molecule has 0 radical (unpaired) electrons. The average Bonchev–Trinajstić information content (AvgIpc) is 2.11. The van der Waals surface area contributed by atoms with E-state index in [9.17, 15) is 14.9 Å². The lowest BCUT2D eigenvalue weighted by molar-refractivity contribution is -0.562. The number of hydrogen-bond donors (Lipinski definition) is 2. The van der Waals surface area contributed by atoms with Crippen molar-refractivity contribution in [1.82, 2.24) is 0 Å². The van der Waals surface area contributed by atoms with Crippen molar-refractivity contribution in [1.29, 1.82) is 0 Å². The molecule has 0 spiro atoms. The van der Waals surface area contributed by atoms with Crippen molar-refractivity contribution in [2.75, 3.05) is 6.61 Å². The molecule has 15 heavy (non-hydrogen) atoms. The topological polar surface area (TPSA) is 101 Å². The third-order valence-electron chi connectivity index (χ3n) is 2.30. The fraction of sp³-hybridized carbons (Fsp3) is 0.889. The minimum atomic E-state index is -1.24. The highest BCUT2D eigenvalue weighted by molar-refractivity contribution is 5.70. The van der Waals surface area contributed by atoms with Crippen LogP contribution in [0.3, 0.4) is 0 Å². The van der Waals surface area contributed by atoms with Crippen molar-refractivity contribution >= 4 is 5.97 Å². The molecule has 0 fully saturated rings. The fourth-order valence-corrected chi connectivity index (χ4v) is 1.33. The van der Waals surface area contributed by atoms with Gasteiger partial charge in [0.05, 0.1) is 5.92 Å². The van der Waals surface area contributed by atoms with E-state index in [0.717, 1.165) is 0 Å². The Kier molecular flexibility index (Phi) is 5.21. The molecular weight excluding hydrogens is 202 g/mol. The smallest absolute Gasteiger partial charge is 0.306 e. The van der Waals surface area contributed by atoms with Crippen LogP contribution in [0.5, 0.6) is 0 Å². The van der Waals surface area contributed by atoms with Crippen molar-refractivity contribution in [3.63, 3.8) is 0 Å². The Bertz CT molecular complexity index is 239. The predicted octanol–water partition coefficient (Wildman–Crippen LogP) is 0.905. The van der Waals surface area contributed by atoms with Gasteiger partial charge in [-0.3, -0.25) is 14.9 Å². The van der Waals surface area contributed by atoms with Gasteiger partial charge in [-0.1, -0.05) is 0 Å². The van der Waals surface area contributed by atoms with E-state index >= 15 is 0 Å². The number of hydrogen-bond acceptors (Lipinski definition) is 4. The summed E-state index contributed by atoms with van der Waals surface area (Å²) in [5.41, 5.74) is -1.24. The van der Waals surface area contributed by atoms with Gasteiger partial charge in [0.1, 0.15) is 0 Å². The van der Waals surface area contributed by atoms with Crippen LogP contribution in [-0.2, 0) is 4.79 Å². The third kappa shape index (κ3) is 4.73. The first-order valence-corrected chi connectivity index (χ1v) is 4.79. The summed E-state index contributed by atoms with van der Waals surface area (Å²) in [6.07, 6.45) is 0.600. The van der Waals surface area contributed by atoms with Crippen molar-refractivity contribution < 1.29 is 19.9 Å². The maximum absolute atomic E-state index is 10.8.